The maximum absolute atomic E-state index is 13.8. The number of carbonyl (C=O) groups is 2. The van der Waals surface area contributed by atoms with Crippen molar-refractivity contribution in [2.24, 2.45) is 23.7 Å². The highest BCUT2D eigenvalue weighted by atomic mass is 79.9. The number of Topliss-reactive ketones (excluding diaryl/α,β-unsaturated/α-hetero) is 2. The molecule has 1 saturated heterocycles. The summed E-state index contributed by atoms with van der Waals surface area (Å²) in [5.41, 5.74) is 5.27. The second kappa shape index (κ2) is 11.0. The first kappa shape index (κ1) is 27.1. The van der Waals surface area contributed by atoms with E-state index in [1.165, 1.54) is 5.57 Å². The molecule has 2 aliphatic carbocycles. The van der Waals surface area contributed by atoms with Crippen LogP contribution in [0.5, 0.6) is 5.75 Å². The monoisotopic (exact) mass is 576 g/mol. The highest BCUT2D eigenvalue weighted by molar-refractivity contribution is 9.10. The molecule has 0 aromatic heterocycles. The Morgan fingerprint density at radius 1 is 1.13 bits per heavy atom. The number of allylic oxidation sites excluding steroid dienone is 2. The second-order valence-electron chi connectivity index (χ2n) is 11.1. The van der Waals surface area contributed by atoms with Crippen molar-refractivity contribution in [3.63, 3.8) is 0 Å². The molecule has 3 aliphatic rings. The summed E-state index contributed by atoms with van der Waals surface area (Å²) in [6, 6.07) is 12.5. The van der Waals surface area contributed by atoms with E-state index in [1.807, 2.05) is 30.3 Å². The lowest BCUT2D eigenvalue weighted by Gasteiger charge is -2.48. The van der Waals surface area contributed by atoms with Gasteiger partial charge < -0.3 is 14.8 Å². The van der Waals surface area contributed by atoms with Crippen LogP contribution < -0.4 is 0 Å². The van der Waals surface area contributed by atoms with Crippen LogP contribution in [-0.2, 0) is 4.65 Å². The van der Waals surface area contributed by atoms with E-state index in [0.717, 1.165) is 34.0 Å². The lowest BCUT2D eigenvalue weighted by atomic mass is 9.53. The van der Waals surface area contributed by atoms with Gasteiger partial charge in [-0.2, -0.15) is 0 Å². The summed E-state index contributed by atoms with van der Waals surface area (Å²) in [6.07, 6.45) is 4.78. The molecule has 198 valence electrons. The van der Waals surface area contributed by atoms with E-state index in [9.17, 15) is 19.7 Å². The van der Waals surface area contributed by atoms with Crippen LogP contribution in [0.1, 0.15) is 72.7 Å². The van der Waals surface area contributed by atoms with Gasteiger partial charge in [-0.05, 0) is 67.6 Å². The molecule has 0 spiro atoms. The molecular weight excluding hydrogens is 543 g/mol. The fraction of sp³-hybridized carbons (Fsp3) is 0.419. The van der Waals surface area contributed by atoms with E-state index in [0.29, 0.717) is 30.3 Å². The average molecular weight is 577 g/mol. The summed E-state index contributed by atoms with van der Waals surface area (Å²) < 4.78 is 7.05. The molecule has 1 fully saturated rings. The van der Waals surface area contributed by atoms with Gasteiger partial charge >= 0.3 is 7.12 Å². The van der Waals surface area contributed by atoms with Crippen LogP contribution in [0.4, 0.5) is 0 Å². The molecule has 0 saturated carbocycles. The van der Waals surface area contributed by atoms with Crippen LogP contribution in [-0.4, -0.2) is 34.9 Å². The van der Waals surface area contributed by atoms with Gasteiger partial charge in [-0.3, -0.25) is 9.59 Å². The SMILES string of the molecule is CC/C(=C\c1cc(Br)ccc1O)CC[C@H]1OB(O)C[C@H]2C1=C(C(C)C)C[C@H]1C(=O)c3ccccc3C(=O)[C@H]12. The van der Waals surface area contributed by atoms with Gasteiger partial charge in [0.15, 0.2) is 11.6 Å². The topological polar surface area (TPSA) is 83.8 Å². The lowest BCUT2D eigenvalue weighted by Crippen LogP contribution is -2.51. The second-order valence-corrected chi connectivity index (χ2v) is 12.0. The Labute approximate surface area is 233 Å². The zero-order valence-electron chi connectivity index (χ0n) is 22.1. The van der Waals surface area contributed by atoms with Crippen molar-refractivity contribution in [2.45, 2.75) is 58.9 Å². The molecule has 0 amide bonds. The standard InChI is InChI=1S/C31H34BBrO5/c1-4-18(13-19-14-20(33)10-11-26(19)34)9-12-27-28-23(17(2)3)15-24-29(25(28)16-32(37)38-27)31(36)22-8-6-5-7-21(22)30(24)35/h5-8,10-11,13-14,17,24-25,27,29,34,37H,4,9,12,15-16H2,1-3H3/b18-13+/t24-,25+,27-,29-/m1/s1. The molecule has 38 heavy (non-hydrogen) atoms. The molecule has 2 aromatic carbocycles. The molecule has 0 bridgehead atoms. The van der Waals surface area contributed by atoms with Crippen molar-refractivity contribution in [1.82, 2.24) is 0 Å². The van der Waals surface area contributed by atoms with Crippen LogP contribution in [0.2, 0.25) is 6.32 Å². The van der Waals surface area contributed by atoms with E-state index in [4.69, 9.17) is 4.65 Å². The minimum absolute atomic E-state index is 0.0163. The highest BCUT2D eigenvalue weighted by Crippen LogP contribution is 2.52. The van der Waals surface area contributed by atoms with Crippen molar-refractivity contribution in [1.29, 1.82) is 0 Å². The summed E-state index contributed by atoms with van der Waals surface area (Å²) in [6.45, 7) is 6.37. The fourth-order valence-corrected chi connectivity index (χ4v) is 7.06. The summed E-state index contributed by atoms with van der Waals surface area (Å²) in [4.78, 5) is 27.4. The first-order chi connectivity index (χ1) is 18.2. The fourth-order valence-electron chi connectivity index (χ4n) is 6.68. The number of phenols is 1. The first-order valence-electron chi connectivity index (χ1n) is 13.6. The summed E-state index contributed by atoms with van der Waals surface area (Å²) in [7, 11) is -0.982. The summed E-state index contributed by atoms with van der Waals surface area (Å²) in [5, 5.41) is 21.1. The summed E-state index contributed by atoms with van der Waals surface area (Å²) >= 11 is 3.48. The molecular formula is C31H34BBrO5. The van der Waals surface area contributed by atoms with Crippen molar-refractivity contribution in [3.8, 4) is 5.75 Å². The molecule has 5 rings (SSSR count). The number of carbonyl (C=O) groups excluding carboxylic acids is 2. The molecule has 5 nitrogen and oxygen atoms in total. The molecule has 7 heteroatoms. The highest BCUT2D eigenvalue weighted by Gasteiger charge is 2.53. The van der Waals surface area contributed by atoms with Crippen molar-refractivity contribution < 1.29 is 24.4 Å². The Bertz CT molecular complexity index is 1330. The van der Waals surface area contributed by atoms with Crippen LogP contribution in [0.25, 0.3) is 6.08 Å². The molecule has 2 aromatic rings. The normalized spacial score (nSPS) is 25.4. The maximum atomic E-state index is 13.8. The van der Waals surface area contributed by atoms with Gasteiger partial charge in [-0.15, -0.1) is 0 Å². The Morgan fingerprint density at radius 3 is 2.53 bits per heavy atom. The number of phenolic OH excluding ortho intramolecular Hbond substituents is 1. The molecule has 0 unspecified atom stereocenters. The molecule has 4 atom stereocenters. The third-order valence-corrected chi connectivity index (χ3v) is 9.02. The number of hydrogen-bond donors (Lipinski definition) is 2. The van der Waals surface area contributed by atoms with Gasteiger partial charge in [0, 0.05) is 33.0 Å². The Morgan fingerprint density at radius 2 is 1.84 bits per heavy atom. The zero-order chi connectivity index (χ0) is 27.1. The number of benzene rings is 2. The van der Waals surface area contributed by atoms with Gasteiger partial charge in [-0.25, -0.2) is 0 Å². The van der Waals surface area contributed by atoms with Crippen LogP contribution in [0.3, 0.4) is 0 Å². The molecule has 1 heterocycles. The molecule has 2 N–H and O–H groups in total. The minimum Gasteiger partial charge on any atom is -0.507 e. The van der Waals surface area contributed by atoms with Crippen LogP contribution in [0.15, 0.2) is 63.7 Å². The van der Waals surface area contributed by atoms with Gasteiger partial charge in [0.25, 0.3) is 0 Å². The van der Waals surface area contributed by atoms with Crippen molar-refractivity contribution in [3.05, 3.63) is 80.3 Å². The third kappa shape index (κ3) is 4.96. The van der Waals surface area contributed by atoms with Gasteiger partial charge in [-0.1, -0.05) is 78.2 Å². The number of rotatable bonds is 6. The van der Waals surface area contributed by atoms with Crippen LogP contribution in [0, 0.1) is 23.7 Å². The zero-order valence-corrected chi connectivity index (χ0v) is 23.7. The summed E-state index contributed by atoms with van der Waals surface area (Å²) in [5.74, 6) is -0.571. The minimum atomic E-state index is -0.982. The third-order valence-electron chi connectivity index (χ3n) is 8.53. The number of halogens is 1. The predicted octanol–water partition coefficient (Wildman–Crippen LogP) is 6.89. The van der Waals surface area contributed by atoms with Crippen LogP contribution >= 0.6 is 15.9 Å². The van der Waals surface area contributed by atoms with E-state index in [1.54, 1.807) is 18.2 Å². The van der Waals surface area contributed by atoms with Crippen molar-refractivity contribution in [2.75, 3.05) is 0 Å². The Hall–Kier alpha value is -2.48. The van der Waals surface area contributed by atoms with E-state index in [-0.39, 0.29) is 41.2 Å². The number of fused-ring (bicyclic) bond motifs is 4. The number of hydrogen-bond acceptors (Lipinski definition) is 5. The number of aromatic hydroxyl groups is 1. The number of ketones is 2. The average Bonchev–Trinajstić information content (AvgIpc) is 2.90. The van der Waals surface area contributed by atoms with Gasteiger partial charge in [0.2, 0.25) is 0 Å². The van der Waals surface area contributed by atoms with E-state index < -0.39 is 13.0 Å². The van der Waals surface area contributed by atoms with Crippen molar-refractivity contribution >= 4 is 40.7 Å². The first-order valence-corrected chi connectivity index (χ1v) is 14.4. The van der Waals surface area contributed by atoms with E-state index in [2.05, 4.69) is 36.7 Å². The molecule has 1 aliphatic heterocycles. The smallest absolute Gasteiger partial charge is 0.455 e. The lowest BCUT2D eigenvalue weighted by molar-refractivity contribution is 0.0593. The van der Waals surface area contributed by atoms with Gasteiger partial charge in [0.1, 0.15) is 5.75 Å². The Kier molecular flexibility index (Phi) is 7.81. The quantitative estimate of drug-likeness (QED) is 0.289. The predicted molar refractivity (Wildman–Crippen MR) is 153 cm³/mol. The maximum Gasteiger partial charge on any atom is 0.455 e. The van der Waals surface area contributed by atoms with Gasteiger partial charge in [0.05, 0.1) is 6.10 Å². The largest absolute Gasteiger partial charge is 0.507 e. The molecule has 0 radical (unpaired) electrons. The van der Waals surface area contributed by atoms with E-state index >= 15 is 0 Å². The Balaban J connectivity index is 1.48.